The lowest BCUT2D eigenvalue weighted by Crippen LogP contribution is -2.43. The molecular weight excluding hydrogens is 288 g/mol. The van der Waals surface area contributed by atoms with Crippen molar-refractivity contribution in [2.75, 3.05) is 19.6 Å². The maximum absolute atomic E-state index is 5.79. The Balaban J connectivity index is 1.45. The zero-order chi connectivity index (χ0) is 15.8. The van der Waals surface area contributed by atoms with Crippen LogP contribution in [0.1, 0.15) is 35.7 Å². The lowest BCUT2D eigenvalue weighted by Gasteiger charge is -2.35. The third kappa shape index (κ3) is 3.21. The van der Waals surface area contributed by atoms with Crippen molar-refractivity contribution in [3.05, 3.63) is 41.4 Å². The quantitative estimate of drug-likeness (QED) is 0.942. The molecule has 3 aliphatic rings. The number of rotatable bonds is 4. The van der Waals surface area contributed by atoms with Crippen LogP contribution in [0, 0.1) is 19.8 Å². The summed E-state index contributed by atoms with van der Waals surface area (Å²) in [7, 11) is 0. The Kier molecular flexibility index (Phi) is 3.99. The summed E-state index contributed by atoms with van der Waals surface area (Å²) in [4.78, 5) is 12.9. The Morgan fingerprint density at radius 2 is 2.09 bits per heavy atom. The van der Waals surface area contributed by atoms with E-state index in [1.165, 1.54) is 37.3 Å². The highest BCUT2D eigenvalue weighted by molar-refractivity contribution is 5.09. The molecule has 0 amide bonds. The normalized spacial score (nSPS) is 25.8. The number of nitrogens with one attached hydrogen (secondary N) is 1. The maximum atomic E-state index is 5.79. The molecule has 0 unspecified atom stereocenters. The van der Waals surface area contributed by atoms with Crippen LogP contribution in [0.2, 0.25) is 0 Å². The molecule has 0 aliphatic carbocycles. The molecule has 1 N–H and O–H groups in total. The zero-order valence-electron chi connectivity index (χ0n) is 14.1. The van der Waals surface area contributed by atoms with Crippen molar-refractivity contribution >= 4 is 0 Å². The maximum Gasteiger partial charge on any atom is 0.118 e. The lowest BCUT2D eigenvalue weighted by atomic mass is 9.95. The molecule has 0 spiro atoms. The topological polar surface area (TPSA) is 48.3 Å². The summed E-state index contributed by atoms with van der Waals surface area (Å²) in [6.07, 6.45) is 4.47. The number of H-pyrrole nitrogens is 1. The summed E-state index contributed by atoms with van der Waals surface area (Å²) < 4.78 is 5.79. The predicted molar refractivity (Wildman–Crippen MR) is 89.0 cm³/mol. The van der Waals surface area contributed by atoms with Crippen molar-refractivity contribution in [2.24, 2.45) is 5.92 Å². The molecular formula is C18H26N4O. The Bertz CT molecular complexity index is 662. The van der Waals surface area contributed by atoms with Crippen LogP contribution in [0.3, 0.4) is 0 Å². The number of aryl methyl sites for hydroxylation is 2. The number of fused-ring (bicyclic) bond motifs is 4. The van der Waals surface area contributed by atoms with Gasteiger partial charge in [-0.15, -0.1) is 0 Å². The van der Waals surface area contributed by atoms with Crippen molar-refractivity contribution in [3.8, 4) is 0 Å². The van der Waals surface area contributed by atoms with E-state index < -0.39 is 0 Å². The van der Waals surface area contributed by atoms with Gasteiger partial charge in [0.15, 0.2) is 0 Å². The van der Waals surface area contributed by atoms with Gasteiger partial charge in [0.05, 0.1) is 18.6 Å². The second-order valence-corrected chi connectivity index (χ2v) is 7.21. The average molecular weight is 314 g/mol. The fourth-order valence-electron chi connectivity index (χ4n) is 4.13. The van der Waals surface area contributed by atoms with Crippen LogP contribution >= 0.6 is 0 Å². The van der Waals surface area contributed by atoms with E-state index in [1.54, 1.807) is 0 Å². The first kappa shape index (κ1) is 15.0. The number of piperidine rings is 1. The highest BCUT2D eigenvalue weighted by Gasteiger charge is 2.35. The molecule has 3 aliphatic heterocycles. The molecule has 5 nitrogen and oxygen atoms in total. The van der Waals surface area contributed by atoms with Gasteiger partial charge >= 0.3 is 0 Å². The predicted octanol–water partition coefficient (Wildman–Crippen LogP) is 2.72. The molecule has 5 rings (SSSR count). The van der Waals surface area contributed by atoms with E-state index in [0.29, 0.717) is 6.04 Å². The van der Waals surface area contributed by atoms with Gasteiger partial charge in [0.2, 0.25) is 0 Å². The number of hydrogen-bond acceptors (Lipinski definition) is 4. The van der Waals surface area contributed by atoms with Crippen molar-refractivity contribution in [1.82, 2.24) is 19.8 Å². The third-order valence-electron chi connectivity index (χ3n) is 5.37. The molecule has 2 aromatic rings. The molecule has 124 valence electrons. The van der Waals surface area contributed by atoms with E-state index in [1.807, 2.05) is 13.3 Å². The van der Waals surface area contributed by atoms with Gasteiger partial charge in [-0.1, -0.05) is 0 Å². The van der Waals surface area contributed by atoms with Gasteiger partial charge in [-0.05, 0) is 44.7 Å². The molecule has 23 heavy (non-hydrogen) atoms. The zero-order valence-corrected chi connectivity index (χ0v) is 14.1. The second kappa shape index (κ2) is 6.13. The lowest BCUT2D eigenvalue weighted by molar-refractivity contribution is 0.114. The molecule has 2 bridgehead atoms. The molecule has 0 saturated carbocycles. The first-order chi connectivity index (χ1) is 11.2. The van der Waals surface area contributed by atoms with Gasteiger partial charge < -0.3 is 9.40 Å². The Morgan fingerprint density at radius 3 is 2.83 bits per heavy atom. The summed E-state index contributed by atoms with van der Waals surface area (Å²) >= 11 is 0. The summed E-state index contributed by atoms with van der Waals surface area (Å²) in [5.41, 5.74) is 2.39. The summed E-state index contributed by atoms with van der Waals surface area (Å²) in [6.45, 7) is 9.58. The van der Waals surface area contributed by atoms with Crippen molar-refractivity contribution in [3.63, 3.8) is 0 Å². The SMILES string of the molecule is Cc1ccc(CN2C[C@H]3CC[C@@H]2CN(Cc2nc[nH]c2C)C3)o1. The number of hydrogen-bond donors (Lipinski definition) is 1. The van der Waals surface area contributed by atoms with E-state index in [0.717, 1.165) is 37.1 Å². The first-order valence-electron chi connectivity index (χ1n) is 8.68. The molecule has 5 heterocycles. The largest absolute Gasteiger partial charge is 0.465 e. The van der Waals surface area contributed by atoms with Crippen LogP contribution in [-0.4, -0.2) is 45.4 Å². The number of aromatic nitrogens is 2. The van der Waals surface area contributed by atoms with Crippen LogP contribution in [0.4, 0.5) is 0 Å². The van der Waals surface area contributed by atoms with Crippen LogP contribution < -0.4 is 0 Å². The van der Waals surface area contributed by atoms with Gasteiger partial charge in [-0.2, -0.15) is 0 Å². The van der Waals surface area contributed by atoms with Crippen molar-refractivity contribution in [2.45, 2.75) is 45.8 Å². The number of furan rings is 1. The Hall–Kier alpha value is -1.59. The van der Waals surface area contributed by atoms with Gasteiger partial charge in [-0.3, -0.25) is 9.80 Å². The molecule has 3 fully saturated rings. The smallest absolute Gasteiger partial charge is 0.118 e. The molecule has 0 aromatic carbocycles. The van der Waals surface area contributed by atoms with E-state index in [9.17, 15) is 0 Å². The van der Waals surface area contributed by atoms with Gasteiger partial charge in [0, 0.05) is 37.9 Å². The average Bonchev–Trinajstić information content (AvgIpc) is 3.00. The third-order valence-corrected chi connectivity index (χ3v) is 5.37. The summed E-state index contributed by atoms with van der Waals surface area (Å²) in [6, 6.07) is 4.83. The summed E-state index contributed by atoms with van der Waals surface area (Å²) in [5.74, 6) is 2.88. The van der Waals surface area contributed by atoms with Gasteiger partial charge in [0.25, 0.3) is 0 Å². The van der Waals surface area contributed by atoms with Crippen molar-refractivity contribution in [1.29, 1.82) is 0 Å². The van der Waals surface area contributed by atoms with Gasteiger partial charge in [0.1, 0.15) is 11.5 Å². The van der Waals surface area contributed by atoms with Crippen LogP contribution in [0.15, 0.2) is 22.9 Å². The number of aromatic amines is 1. The highest BCUT2D eigenvalue weighted by atomic mass is 16.3. The first-order valence-corrected chi connectivity index (χ1v) is 8.68. The van der Waals surface area contributed by atoms with Gasteiger partial charge in [-0.25, -0.2) is 4.98 Å². The minimum Gasteiger partial charge on any atom is -0.465 e. The molecule has 2 atom stereocenters. The Morgan fingerprint density at radius 1 is 1.17 bits per heavy atom. The minimum atomic E-state index is 0.637. The highest BCUT2D eigenvalue weighted by Crippen LogP contribution is 2.30. The molecule has 2 aromatic heterocycles. The van der Waals surface area contributed by atoms with E-state index in [-0.39, 0.29) is 0 Å². The van der Waals surface area contributed by atoms with E-state index in [2.05, 4.69) is 38.8 Å². The van der Waals surface area contributed by atoms with Crippen LogP contribution in [0.25, 0.3) is 0 Å². The molecule has 0 radical (unpaired) electrons. The second-order valence-electron chi connectivity index (χ2n) is 7.21. The fraction of sp³-hybridized carbons (Fsp3) is 0.611. The minimum absolute atomic E-state index is 0.637. The van der Waals surface area contributed by atoms with Crippen LogP contribution in [-0.2, 0) is 13.1 Å². The molecule has 3 saturated heterocycles. The monoisotopic (exact) mass is 314 g/mol. The van der Waals surface area contributed by atoms with E-state index in [4.69, 9.17) is 4.42 Å². The van der Waals surface area contributed by atoms with Crippen molar-refractivity contribution < 1.29 is 4.42 Å². The number of nitrogens with zero attached hydrogens (tertiary/aromatic N) is 3. The summed E-state index contributed by atoms with van der Waals surface area (Å²) in [5, 5.41) is 0. The fourth-order valence-corrected chi connectivity index (χ4v) is 4.13. The van der Waals surface area contributed by atoms with E-state index >= 15 is 0 Å². The standard InChI is InChI=1S/C18H26N4O/c1-13-3-6-17(23-13)10-22-8-15-4-5-16(22)9-21(7-15)11-18-14(2)19-12-20-18/h3,6,12,15-16H,4-5,7-11H2,1-2H3,(H,19,20)/t15-,16+/m0/s1. The Labute approximate surface area is 137 Å². The molecule has 5 heteroatoms. The number of imidazole rings is 1. The van der Waals surface area contributed by atoms with Crippen LogP contribution in [0.5, 0.6) is 0 Å².